The highest BCUT2D eigenvalue weighted by Crippen LogP contribution is 2.37. The number of alkyl halides is 6. The number of rotatable bonds is 5. The molecule has 0 bridgehead atoms. The Morgan fingerprint density at radius 2 is 1.82 bits per heavy atom. The Morgan fingerprint density at radius 3 is 2.36 bits per heavy atom. The summed E-state index contributed by atoms with van der Waals surface area (Å²) in [5.41, 5.74) is 1.02. The quantitative estimate of drug-likeness (QED) is 0.526. The number of carbonyl (C=O) groups is 1. The van der Waals surface area contributed by atoms with E-state index in [1.807, 2.05) is 6.07 Å². The number of nitrogens with two attached hydrogens (primary N) is 1. The van der Waals surface area contributed by atoms with Crippen LogP contribution in [0.5, 0.6) is 5.75 Å². The van der Waals surface area contributed by atoms with Gasteiger partial charge in [-0.1, -0.05) is 11.6 Å². The Morgan fingerprint density at radius 1 is 1.15 bits per heavy atom. The van der Waals surface area contributed by atoms with E-state index in [-0.39, 0.29) is 21.7 Å². The van der Waals surface area contributed by atoms with Gasteiger partial charge in [-0.15, -0.1) is 13.2 Å². The van der Waals surface area contributed by atoms with Crippen molar-refractivity contribution in [3.05, 3.63) is 52.0 Å². The summed E-state index contributed by atoms with van der Waals surface area (Å²) in [7, 11) is 0. The molecule has 1 amide bonds. The average Bonchev–Trinajstić information content (AvgIpc) is 3.06. The smallest absolute Gasteiger partial charge is 0.406 e. The van der Waals surface area contributed by atoms with Crippen molar-refractivity contribution in [3.63, 3.8) is 0 Å². The number of hydrogen-bond donors (Lipinski definition) is 1. The molecule has 0 aliphatic rings. The molecular formula is C19H12ClF6N5O2. The van der Waals surface area contributed by atoms with Gasteiger partial charge < -0.3 is 10.5 Å². The molecule has 1 atom stereocenters. The number of benzene rings is 2. The maximum Gasteiger partial charge on any atom is 0.573 e. The average molecular weight is 492 g/mol. The Balaban J connectivity index is 2.12. The van der Waals surface area contributed by atoms with E-state index in [0.717, 1.165) is 29.1 Å². The third kappa shape index (κ3) is 5.11. The number of carbonyl (C=O) groups excluding carboxylic acids is 1. The molecule has 174 valence electrons. The molecule has 2 N–H and O–H groups in total. The summed E-state index contributed by atoms with van der Waals surface area (Å²) in [5.74, 6) is -1.77. The highest BCUT2D eigenvalue weighted by atomic mass is 35.5. The SMILES string of the molecule is CC(C#N)(Cn1nc2cc(Cl)cc(C(F)(F)F)c2n1)c1cc(OC(F)(F)F)ccc1C(N)=O. The van der Waals surface area contributed by atoms with Crippen molar-refractivity contribution < 1.29 is 35.9 Å². The molecule has 1 unspecified atom stereocenters. The molecule has 0 saturated carbocycles. The number of nitrogens with zero attached hydrogens (tertiary/aromatic N) is 4. The van der Waals surface area contributed by atoms with Crippen LogP contribution in [0, 0.1) is 11.3 Å². The van der Waals surface area contributed by atoms with Gasteiger partial charge in [0, 0.05) is 10.6 Å². The minimum absolute atomic E-state index is 0.223. The molecular weight excluding hydrogens is 480 g/mol. The molecule has 1 aromatic heterocycles. The molecule has 2 aromatic carbocycles. The normalized spacial score (nSPS) is 14.0. The molecule has 7 nitrogen and oxygen atoms in total. The predicted molar refractivity (Wildman–Crippen MR) is 102 cm³/mol. The van der Waals surface area contributed by atoms with Crippen molar-refractivity contribution in [2.45, 2.75) is 31.4 Å². The number of aromatic nitrogens is 3. The van der Waals surface area contributed by atoms with Gasteiger partial charge >= 0.3 is 12.5 Å². The van der Waals surface area contributed by atoms with Crippen molar-refractivity contribution in [1.82, 2.24) is 15.0 Å². The molecule has 0 fully saturated rings. The van der Waals surface area contributed by atoms with E-state index >= 15 is 0 Å². The zero-order valence-electron chi connectivity index (χ0n) is 16.4. The second-order valence-electron chi connectivity index (χ2n) is 7.11. The fraction of sp³-hybridized carbons (Fsp3) is 0.263. The maximum atomic E-state index is 13.4. The summed E-state index contributed by atoms with van der Waals surface area (Å²) in [6.45, 7) is 0.695. The number of amides is 1. The first-order valence-electron chi connectivity index (χ1n) is 8.86. The first kappa shape index (κ1) is 24.1. The monoisotopic (exact) mass is 491 g/mol. The van der Waals surface area contributed by atoms with Gasteiger partial charge in [0.25, 0.3) is 0 Å². The van der Waals surface area contributed by atoms with Crippen LogP contribution in [0.3, 0.4) is 0 Å². The topological polar surface area (TPSA) is 107 Å². The van der Waals surface area contributed by atoms with Crippen LogP contribution in [-0.2, 0) is 18.1 Å². The standard InChI is InChI=1S/C19H12ClF6N5O2/c1-17(7-27,12-6-10(33-19(24,25)26)2-3-11(12)16(28)32)8-31-29-14-5-9(20)4-13(15(14)30-31)18(21,22)23/h2-6H,8H2,1H3,(H2,28,32). The van der Waals surface area contributed by atoms with Gasteiger partial charge in [0.2, 0.25) is 5.91 Å². The zero-order valence-corrected chi connectivity index (χ0v) is 17.2. The van der Waals surface area contributed by atoms with Crippen LogP contribution in [0.25, 0.3) is 11.0 Å². The third-order valence-corrected chi connectivity index (χ3v) is 4.81. The van der Waals surface area contributed by atoms with E-state index in [2.05, 4.69) is 14.9 Å². The molecule has 3 aromatic rings. The van der Waals surface area contributed by atoms with Gasteiger partial charge in [-0.05, 0) is 42.8 Å². The number of fused-ring (bicyclic) bond motifs is 1. The van der Waals surface area contributed by atoms with Crippen LogP contribution in [-0.4, -0.2) is 27.3 Å². The van der Waals surface area contributed by atoms with E-state index < -0.39 is 47.2 Å². The fourth-order valence-corrected chi connectivity index (χ4v) is 3.38. The number of ether oxygens (including phenoxy) is 1. The highest BCUT2D eigenvalue weighted by molar-refractivity contribution is 6.31. The van der Waals surface area contributed by atoms with Crippen molar-refractivity contribution in [1.29, 1.82) is 5.26 Å². The number of nitriles is 1. The third-order valence-electron chi connectivity index (χ3n) is 4.59. The van der Waals surface area contributed by atoms with Crippen molar-refractivity contribution in [2.24, 2.45) is 5.73 Å². The van der Waals surface area contributed by atoms with E-state index in [1.54, 1.807) is 0 Å². The molecule has 0 aliphatic carbocycles. The lowest BCUT2D eigenvalue weighted by Crippen LogP contribution is -2.31. The summed E-state index contributed by atoms with van der Waals surface area (Å²) in [6, 6.07) is 6.22. The van der Waals surface area contributed by atoms with Crippen LogP contribution in [0.2, 0.25) is 5.02 Å². The van der Waals surface area contributed by atoms with Crippen LogP contribution in [0.4, 0.5) is 26.3 Å². The van der Waals surface area contributed by atoms with E-state index in [0.29, 0.717) is 6.07 Å². The summed E-state index contributed by atoms with van der Waals surface area (Å²) in [6.07, 6.45) is -9.85. The van der Waals surface area contributed by atoms with E-state index in [9.17, 15) is 36.4 Å². The van der Waals surface area contributed by atoms with Crippen molar-refractivity contribution >= 4 is 28.5 Å². The lowest BCUT2D eigenvalue weighted by atomic mass is 9.81. The molecule has 0 radical (unpaired) electrons. The molecule has 33 heavy (non-hydrogen) atoms. The maximum absolute atomic E-state index is 13.4. The number of primary amides is 1. The first-order valence-corrected chi connectivity index (χ1v) is 9.24. The van der Waals surface area contributed by atoms with Crippen LogP contribution in [0.1, 0.15) is 28.4 Å². The van der Waals surface area contributed by atoms with Gasteiger partial charge in [0.1, 0.15) is 22.2 Å². The second kappa shape index (κ2) is 8.11. The Kier molecular flexibility index (Phi) is 5.93. The fourth-order valence-electron chi connectivity index (χ4n) is 3.17. The summed E-state index contributed by atoms with van der Waals surface area (Å²) in [4.78, 5) is 12.6. The number of hydrogen-bond acceptors (Lipinski definition) is 5. The van der Waals surface area contributed by atoms with Crippen molar-refractivity contribution in [2.75, 3.05) is 0 Å². The Bertz CT molecular complexity index is 1280. The first-order chi connectivity index (χ1) is 15.1. The van der Waals surface area contributed by atoms with Crippen LogP contribution >= 0.6 is 11.6 Å². The van der Waals surface area contributed by atoms with E-state index in [4.69, 9.17) is 17.3 Å². The zero-order chi connectivity index (χ0) is 24.8. The predicted octanol–water partition coefficient (Wildman–Crippen LogP) is 4.58. The van der Waals surface area contributed by atoms with Crippen LogP contribution < -0.4 is 10.5 Å². The highest BCUT2D eigenvalue weighted by Gasteiger charge is 2.37. The second-order valence-corrected chi connectivity index (χ2v) is 7.55. The Labute approximate surface area is 186 Å². The molecule has 0 saturated heterocycles. The Hall–Kier alpha value is -3.53. The van der Waals surface area contributed by atoms with Gasteiger partial charge in [-0.3, -0.25) is 4.79 Å². The number of halogens is 7. The molecule has 14 heteroatoms. The molecule has 0 aliphatic heterocycles. The summed E-state index contributed by atoms with van der Waals surface area (Å²) in [5, 5.41) is 17.2. The molecule has 1 heterocycles. The van der Waals surface area contributed by atoms with Crippen LogP contribution in [0.15, 0.2) is 30.3 Å². The lowest BCUT2D eigenvalue weighted by molar-refractivity contribution is -0.274. The van der Waals surface area contributed by atoms with Gasteiger partial charge in [0.15, 0.2) is 0 Å². The van der Waals surface area contributed by atoms with Gasteiger partial charge in [-0.25, -0.2) is 0 Å². The molecule has 3 rings (SSSR count). The lowest BCUT2D eigenvalue weighted by Gasteiger charge is -2.24. The largest absolute Gasteiger partial charge is 0.573 e. The summed E-state index contributed by atoms with van der Waals surface area (Å²) < 4.78 is 81.8. The summed E-state index contributed by atoms with van der Waals surface area (Å²) >= 11 is 5.73. The van der Waals surface area contributed by atoms with Gasteiger partial charge in [0.05, 0.1) is 18.2 Å². The van der Waals surface area contributed by atoms with Crippen molar-refractivity contribution in [3.8, 4) is 11.8 Å². The minimum Gasteiger partial charge on any atom is -0.406 e. The molecule has 0 spiro atoms. The minimum atomic E-state index is -5.05. The van der Waals surface area contributed by atoms with E-state index in [1.165, 1.54) is 6.92 Å². The van der Waals surface area contributed by atoms with Gasteiger partial charge in [-0.2, -0.15) is 33.4 Å².